The molecule has 8 heteroatoms. The van der Waals surface area contributed by atoms with Gasteiger partial charge in [0.25, 0.3) is 10.1 Å². The first kappa shape index (κ1) is 13.5. The number of nitrogens with zero attached hydrogens (tertiary/aromatic N) is 2. The summed E-state index contributed by atoms with van der Waals surface area (Å²) >= 11 is 0. The molecule has 0 radical (unpaired) electrons. The summed E-state index contributed by atoms with van der Waals surface area (Å²) in [5.41, 5.74) is 0. The van der Waals surface area contributed by atoms with Gasteiger partial charge in [-0.3, -0.25) is 9.45 Å². The van der Waals surface area contributed by atoms with Crippen LogP contribution >= 0.6 is 0 Å². The zero-order chi connectivity index (χ0) is 13.0. The van der Waals surface area contributed by atoms with Crippen LogP contribution in [0.2, 0.25) is 0 Å². The SMILES string of the molecule is O=S(=O)(O)C(CCN1CCOCC1)c1ncc[nH]1. The van der Waals surface area contributed by atoms with Crippen LogP contribution in [0, 0.1) is 0 Å². The number of nitrogens with one attached hydrogen (secondary N) is 1. The fourth-order valence-corrected chi connectivity index (χ4v) is 2.82. The first-order chi connectivity index (χ1) is 8.57. The Morgan fingerprint density at radius 1 is 1.50 bits per heavy atom. The van der Waals surface area contributed by atoms with Crippen LogP contribution in [0.4, 0.5) is 0 Å². The van der Waals surface area contributed by atoms with E-state index in [4.69, 9.17) is 4.74 Å². The van der Waals surface area contributed by atoms with Gasteiger partial charge in [-0.1, -0.05) is 0 Å². The third-order valence-electron chi connectivity index (χ3n) is 3.00. The van der Waals surface area contributed by atoms with Crippen LogP contribution in [0.5, 0.6) is 0 Å². The van der Waals surface area contributed by atoms with Crippen LogP contribution in [-0.2, 0) is 14.9 Å². The lowest BCUT2D eigenvalue weighted by Crippen LogP contribution is -2.37. The van der Waals surface area contributed by atoms with Crippen LogP contribution in [0.25, 0.3) is 0 Å². The maximum absolute atomic E-state index is 11.4. The molecule has 0 saturated carbocycles. The van der Waals surface area contributed by atoms with E-state index in [-0.39, 0.29) is 5.82 Å². The Morgan fingerprint density at radius 2 is 2.22 bits per heavy atom. The molecule has 0 bridgehead atoms. The maximum atomic E-state index is 11.4. The molecule has 1 fully saturated rings. The molecule has 0 aliphatic carbocycles. The number of imidazole rings is 1. The lowest BCUT2D eigenvalue weighted by molar-refractivity contribution is 0.0372. The molecule has 0 spiro atoms. The van der Waals surface area contributed by atoms with Gasteiger partial charge in [-0.2, -0.15) is 8.42 Å². The van der Waals surface area contributed by atoms with E-state index < -0.39 is 15.4 Å². The molecule has 1 aliphatic rings. The van der Waals surface area contributed by atoms with Crippen molar-refractivity contribution in [2.75, 3.05) is 32.8 Å². The van der Waals surface area contributed by atoms with Crippen molar-refractivity contribution in [1.82, 2.24) is 14.9 Å². The maximum Gasteiger partial charge on any atom is 0.275 e. The number of hydrogen-bond acceptors (Lipinski definition) is 5. The summed E-state index contributed by atoms with van der Waals surface area (Å²) in [7, 11) is -4.14. The van der Waals surface area contributed by atoms with Gasteiger partial charge in [-0.25, -0.2) is 4.98 Å². The molecule has 2 heterocycles. The van der Waals surface area contributed by atoms with Gasteiger partial charge in [0, 0.05) is 32.0 Å². The van der Waals surface area contributed by atoms with Gasteiger partial charge in [0.2, 0.25) is 0 Å². The van der Waals surface area contributed by atoms with Crippen LogP contribution in [-0.4, -0.2) is 60.7 Å². The van der Waals surface area contributed by atoms with Gasteiger partial charge in [-0.05, 0) is 6.42 Å². The minimum atomic E-state index is -4.14. The molecular formula is C10H17N3O4S. The fraction of sp³-hybridized carbons (Fsp3) is 0.700. The topological polar surface area (TPSA) is 95.5 Å². The Labute approximate surface area is 106 Å². The number of rotatable bonds is 5. The minimum Gasteiger partial charge on any atom is -0.379 e. The predicted octanol–water partition coefficient (Wildman–Crippen LogP) is 0.0609. The Balaban J connectivity index is 1.98. The van der Waals surface area contributed by atoms with E-state index >= 15 is 0 Å². The number of hydrogen-bond donors (Lipinski definition) is 2. The van der Waals surface area contributed by atoms with Gasteiger partial charge in [0.1, 0.15) is 11.1 Å². The van der Waals surface area contributed by atoms with Crippen molar-refractivity contribution < 1.29 is 17.7 Å². The van der Waals surface area contributed by atoms with Crippen LogP contribution in [0.3, 0.4) is 0 Å². The van der Waals surface area contributed by atoms with Crippen molar-refractivity contribution in [3.05, 3.63) is 18.2 Å². The van der Waals surface area contributed by atoms with Crippen LogP contribution in [0.15, 0.2) is 12.4 Å². The Bertz CT molecular complexity index is 453. The highest BCUT2D eigenvalue weighted by Gasteiger charge is 2.28. The summed E-state index contributed by atoms with van der Waals surface area (Å²) in [4.78, 5) is 8.76. The van der Waals surface area contributed by atoms with Crippen molar-refractivity contribution in [2.45, 2.75) is 11.7 Å². The van der Waals surface area contributed by atoms with Crippen molar-refractivity contribution in [1.29, 1.82) is 0 Å². The van der Waals surface area contributed by atoms with E-state index in [9.17, 15) is 13.0 Å². The van der Waals surface area contributed by atoms with E-state index in [1.165, 1.54) is 6.20 Å². The molecule has 1 aromatic rings. The molecule has 1 unspecified atom stereocenters. The lowest BCUT2D eigenvalue weighted by atomic mass is 10.2. The van der Waals surface area contributed by atoms with Crippen molar-refractivity contribution in [2.24, 2.45) is 0 Å². The minimum absolute atomic E-state index is 0.283. The Hall–Kier alpha value is -0.960. The van der Waals surface area contributed by atoms with Gasteiger partial charge in [0.05, 0.1) is 13.2 Å². The molecule has 18 heavy (non-hydrogen) atoms. The standard InChI is InChI=1S/C10H17N3O4S/c14-18(15,16)9(10-11-2-3-12-10)1-4-13-5-7-17-8-6-13/h2-3,9H,1,4-8H2,(H,11,12)(H,14,15,16). The van der Waals surface area contributed by atoms with E-state index in [2.05, 4.69) is 14.9 Å². The van der Waals surface area contributed by atoms with Gasteiger partial charge >= 0.3 is 0 Å². The summed E-state index contributed by atoms with van der Waals surface area (Å²) in [6.07, 6.45) is 3.33. The second-order valence-corrected chi connectivity index (χ2v) is 5.82. The molecule has 2 rings (SSSR count). The van der Waals surface area contributed by atoms with E-state index in [0.29, 0.717) is 26.2 Å². The van der Waals surface area contributed by atoms with Crippen molar-refractivity contribution >= 4 is 10.1 Å². The van der Waals surface area contributed by atoms with Crippen LogP contribution < -0.4 is 0 Å². The zero-order valence-corrected chi connectivity index (χ0v) is 10.8. The molecule has 1 atom stereocenters. The number of aromatic nitrogens is 2. The Kier molecular flexibility index (Phi) is 4.33. The Morgan fingerprint density at radius 3 is 2.78 bits per heavy atom. The number of aromatic amines is 1. The normalized spacial score (nSPS) is 19.8. The number of morpholine rings is 1. The summed E-state index contributed by atoms with van der Waals surface area (Å²) < 4.78 is 37.2. The summed E-state index contributed by atoms with van der Waals surface area (Å²) in [5.74, 6) is 0.283. The predicted molar refractivity (Wildman–Crippen MR) is 64.8 cm³/mol. The number of H-pyrrole nitrogens is 1. The van der Waals surface area contributed by atoms with E-state index in [1.807, 2.05) is 0 Å². The summed E-state index contributed by atoms with van der Waals surface area (Å²) in [5, 5.41) is -0.990. The molecule has 1 aromatic heterocycles. The largest absolute Gasteiger partial charge is 0.379 e. The molecule has 7 nitrogen and oxygen atoms in total. The number of ether oxygens (including phenoxy) is 1. The summed E-state index contributed by atoms with van der Waals surface area (Å²) in [6.45, 7) is 3.50. The van der Waals surface area contributed by atoms with Crippen molar-refractivity contribution in [3.63, 3.8) is 0 Å². The highest BCUT2D eigenvalue weighted by atomic mass is 32.2. The molecule has 0 aromatic carbocycles. The zero-order valence-electron chi connectivity index (χ0n) is 9.95. The van der Waals surface area contributed by atoms with Crippen molar-refractivity contribution in [3.8, 4) is 0 Å². The second-order valence-electron chi connectivity index (χ2n) is 4.22. The summed E-state index contributed by atoms with van der Waals surface area (Å²) in [6, 6.07) is 0. The molecule has 0 amide bonds. The third-order valence-corrected chi connectivity index (χ3v) is 4.17. The smallest absolute Gasteiger partial charge is 0.275 e. The average Bonchev–Trinajstić information content (AvgIpc) is 2.82. The van der Waals surface area contributed by atoms with E-state index in [0.717, 1.165) is 13.1 Å². The first-order valence-electron chi connectivity index (χ1n) is 5.83. The second kappa shape index (κ2) is 5.79. The van der Waals surface area contributed by atoms with Crippen LogP contribution in [0.1, 0.15) is 17.5 Å². The molecule has 102 valence electrons. The molecule has 1 saturated heterocycles. The average molecular weight is 275 g/mol. The lowest BCUT2D eigenvalue weighted by Gasteiger charge is -2.27. The van der Waals surface area contributed by atoms with Gasteiger partial charge in [-0.15, -0.1) is 0 Å². The highest BCUT2D eigenvalue weighted by Crippen LogP contribution is 2.22. The van der Waals surface area contributed by atoms with Gasteiger partial charge in [0.15, 0.2) is 0 Å². The monoisotopic (exact) mass is 275 g/mol. The quantitative estimate of drug-likeness (QED) is 0.738. The fourth-order valence-electron chi connectivity index (χ4n) is 2.00. The molecular weight excluding hydrogens is 258 g/mol. The highest BCUT2D eigenvalue weighted by molar-refractivity contribution is 7.86. The van der Waals surface area contributed by atoms with Gasteiger partial charge < -0.3 is 9.72 Å². The molecule has 1 aliphatic heterocycles. The van der Waals surface area contributed by atoms with E-state index in [1.54, 1.807) is 6.20 Å². The molecule has 2 N–H and O–H groups in total. The third kappa shape index (κ3) is 3.52. The first-order valence-corrected chi connectivity index (χ1v) is 7.33.